The maximum Gasteiger partial charge on any atom is 0.251 e. The topological polar surface area (TPSA) is 49.4 Å². The Balaban J connectivity index is 1.62. The van der Waals surface area contributed by atoms with Gasteiger partial charge in [0, 0.05) is 31.1 Å². The normalized spacial score (nSPS) is 19.5. The maximum absolute atomic E-state index is 12.4. The summed E-state index contributed by atoms with van der Waals surface area (Å²) in [6.07, 6.45) is 7.49. The van der Waals surface area contributed by atoms with Crippen LogP contribution in [0.15, 0.2) is 24.3 Å². The average Bonchev–Trinajstić information content (AvgIpc) is 2.94. The summed E-state index contributed by atoms with van der Waals surface area (Å²) >= 11 is 0. The summed E-state index contributed by atoms with van der Waals surface area (Å²) < 4.78 is 0. The Kier molecular flexibility index (Phi) is 4.76. The Morgan fingerprint density at radius 1 is 1.18 bits per heavy atom. The van der Waals surface area contributed by atoms with Crippen LogP contribution in [0.25, 0.3) is 0 Å². The highest BCUT2D eigenvalue weighted by molar-refractivity contribution is 5.94. The van der Waals surface area contributed by atoms with Crippen molar-refractivity contribution in [2.45, 2.75) is 57.5 Å². The lowest BCUT2D eigenvalue weighted by molar-refractivity contribution is -0.128. The van der Waals surface area contributed by atoms with Crippen molar-refractivity contribution in [3.05, 3.63) is 35.4 Å². The third kappa shape index (κ3) is 3.67. The lowest BCUT2D eigenvalue weighted by Crippen LogP contribution is -2.36. The largest absolute Gasteiger partial charge is 0.349 e. The van der Waals surface area contributed by atoms with Gasteiger partial charge >= 0.3 is 0 Å². The summed E-state index contributed by atoms with van der Waals surface area (Å²) in [5.41, 5.74) is 1.74. The van der Waals surface area contributed by atoms with E-state index >= 15 is 0 Å². The molecule has 1 aromatic carbocycles. The molecule has 2 amide bonds. The van der Waals surface area contributed by atoms with Crippen molar-refractivity contribution in [3.63, 3.8) is 0 Å². The van der Waals surface area contributed by atoms with E-state index in [1.807, 2.05) is 29.2 Å². The number of nitrogens with one attached hydrogen (secondary N) is 1. The van der Waals surface area contributed by atoms with Gasteiger partial charge in [0.05, 0.1) is 0 Å². The van der Waals surface area contributed by atoms with E-state index in [1.54, 1.807) is 0 Å². The zero-order valence-electron chi connectivity index (χ0n) is 13.0. The van der Waals surface area contributed by atoms with Crippen LogP contribution in [0.2, 0.25) is 0 Å². The standard InChI is InChI=1S/C18H24N2O2/c21-17-10-5-11-20(17)13-14-6-4-7-15(12-14)18(22)19-16-8-2-1-3-9-16/h4,6-7,12,16H,1-3,5,8-11,13H2,(H,19,22). The second kappa shape index (κ2) is 6.95. The van der Waals surface area contributed by atoms with E-state index in [9.17, 15) is 9.59 Å². The second-order valence-corrected chi connectivity index (χ2v) is 6.43. The highest BCUT2D eigenvalue weighted by Crippen LogP contribution is 2.19. The van der Waals surface area contributed by atoms with Crippen LogP contribution in [0, 0.1) is 0 Å². The monoisotopic (exact) mass is 300 g/mol. The summed E-state index contributed by atoms with van der Waals surface area (Å²) in [5.74, 6) is 0.235. The molecular formula is C18H24N2O2. The van der Waals surface area contributed by atoms with Crippen LogP contribution in [-0.4, -0.2) is 29.3 Å². The van der Waals surface area contributed by atoms with E-state index in [-0.39, 0.29) is 11.8 Å². The molecule has 1 aliphatic heterocycles. The quantitative estimate of drug-likeness (QED) is 0.929. The highest BCUT2D eigenvalue weighted by Gasteiger charge is 2.21. The van der Waals surface area contributed by atoms with Crippen LogP contribution in [0.1, 0.15) is 60.9 Å². The van der Waals surface area contributed by atoms with Gasteiger partial charge in [-0.15, -0.1) is 0 Å². The Bertz CT molecular complexity index is 550. The van der Waals surface area contributed by atoms with E-state index < -0.39 is 0 Å². The van der Waals surface area contributed by atoms with E-state index in [0.29, 0.717) is 24.6 Å². The first kappa shape index (κ1) is 15.1. The predicted octanol–water partition coefficient (Wildman–Crippen LogP) is 2.87. The smallest absolute Gasteiger partial charge is 0.251 e. The molecule has 2 aliphatic rings. The van der Waals surface area contributed by atoms with Crippen LogP contribution in [0.5, 0.6) is 0 Å². The van der Waals surface area contributed by atoms with Crippen molar-refractivity contribution in [1.82, 2.24) is 10.2 Å². The number of hydrogen-bond donors (Lipinski definition) is 1. The van der Waals surface area contributed by atoms with Gasteiger partial charge in [0.2, 0.25) is 5.91 Å². The van der Waals surface area contributed by atoms with Gasteiger partial charge in [-0.25, -0.2) is 0 Å². The molecule has 1 N–H and O–H groups in total. The molecular weight excluding hydrogens is 276 g/mol. The van der Waals surface area contributed by atoms with Crippen LogP contribution in [0.3, 0.4) is 0 Å². The van der Waals surface area contributed by atoms with Gasteiger partial charge in [-0.3, -0.25) is 9.59 Å². The molecule has 22 heavy (non-hydrogen) atoms. The molecule has 0 aromatic heterocycles. The van der Waals surface area contributed by atoms with E-state index in [0.717, 1.165) is 31.4 Å². The molecule has 4 nitrogen and oxygen atoms in total. The van der Waals surface area contributed by atoms with Gasteiger partial charge in [0.25, 0.3) is 5.91 Å². The third-order valence-electron chi connectivity index (χ3n) is 4.67. The summed E-state index contributed by atoms with van der Waals surface area (Å²) in [6.45, 7) is 1.45. The van der Waals surface area contributed by atoms with Crippen LogP contribution in [0.4, 0.5) is 0 Å². The predicted molar refractivity (Wildman–Crippen MR) is 85.4 cm³/mol. The summed E-state index contributed by atoms with van der Waals surface area (Å²) in [6, 6.07) is 8.00. The second-order valence-electron chi connectivity index (χ2n) is 6.43. The van der Waals surface area contributed by atoms with E-state index in [4.69, 9.17) is 0 Å². The van der Waals surface area contributed by atoms with E-state index in [1.165, 1.54) is 19.3 Å². The fourth-order valence-electron chi connectivity index (χ4n) is 3.42. The molecule has 2 fully saturated rings. The average molecular weight is 300 g/mol. The van der Waals surface area contributed by atoms with Gasteiger partial charge in [-0.2, -0.15) is 0 Å². The Labute approximate surface area is 131 Å². The molecule has 4 heteroatoms. The number of nitrogens with zero attached hydrogens (tertiary/aromatic N) is 1. The van der Waals surface area contributed by atoms with Crippen molar-refractivity contribution >= 4 is 11.8 Å². The minimum atomic E-state index is 0.0153. The van der Waals surface area contributed by atoms with Gasteiger partial charge in [0.1, 0.15) is 0 Å². The minimum Gasteiger partial charge on any atom is -0.349 e. The number of likely N-dealkylation sites (tertiary alicyclic amines) is 1. The zero-order valence-corrected chi connectivity index (χ0v) is 13.0. The molecule has 1 aromatic rings. The molecule has 0 bridgehead atoms. The number of benzene rings is 1. The molecule has 0 spiro atoms. The van der Waals surface area contributed by atoms with Gasteiger partial charge < -0.3 is 10.2 Å². The summed E-state index contributed by atoms with van der Waals surface area (Å²) in [7, 11) is 0. The Hall–Kier alpha value is -1.84. The maximum atomic E-state index is 12.4. The fraction of sp³-hybridized carbons (Fsp3) is 0.556. The van der Waals surface area contributed by atoms with Crippen LogP contribution in [-0.2, 0) is 11.3 Å². The molecule has 118 valence electrons. The highest BCUT2D eigenvalue weighted by atomic mass is 16.2. The molecule has 0 unspecified atom stereocenters. The minimum absolute atomic E-state index is 0.0153. The molecule has 0 radical (unpaired) electrons. The van der Waals surface area contributed by atoms with Crippen molar-refractivity contribution in [2.24, 2.45) is 0 Å². The third-order valence-corrected chi connectivity index (χ3v) is 4.67. The van der Waals surface area contributed by atoms with Gasteiger partial charge in [0.15, 0.2) is 0 Å². The molecule has 1 saturated carbocycles. The molecule has 0 atom stereocenters. The fourth-order valence-corrected chi connectivity index (χ4v) is 3.42. The van der Waals surface area contributed by atoms with Gasteiger partial charge in [-0.1, -0.05) is 31.4 Å². The molecule has 1 aliphatic carbocycles. The zero-order chi connectivity index (χ0) is 15.4. The number of rotatable bonds is 4. The van der Waals surface area contributed by atoms with E-state index in [2.05, 4.69) is 5.32 Å². The summed E-state index contributed by atoms with van der Waals surface area (Å²) in [5, 5.41) is 3.15. The molecule has 1 saturated heterocycles. The van der Waals surface area contributed by atoms with Crippen LogP contribution >= 0.6 is 0 Å². The Morgan fingerprint density at radius 3 is 2.73 bits per heavy atom. The first-order valence-corrected chi connectivity index (χ1v) is 8.40. The SMILES string of the molecule is O=C(NC1CCCCC1)c1cccc(CN2CCCC2=O)c1. The van der Waals surface area contributed by atoms with Crippen molar-refractivity contribution < 1.29 is 9.59 Å². The van der Waals surface area contributed by atoms with Crippen molar-refractivity contribution in [1.29, 1.82) is 0 Å². The lowest BCUT2D eigenvalue weighted by Gasteiger charge is -2.23. The summed E-state index contributed by atoms with van der Waals surface area (Å²) in [4.78, 5) is 26.0. The number of carbonyl (C=O) groups excluding carboxylic acids is 2. The van der Waals surface area contributed by atoms with Crippen molar-refractivity contribution in [2.75, 3.05) is 6.54 Å². The van der Waals surface area contributed by atoms with Crippen molar-refractivity contribution in [3.8, 4) is 0 Å². The first-order chi connectivity index (χ1) is 10.7. The van der Waals surface area contributed by atoms with Crippen LogP contribution < -0.4 is 5.32 Å². The Morgan fingerprint density at radius 2 is 2.00 bits per heavy atom. The lowest BCUT2D eigenvalue weighted by atomic mass is 9.95. The molecule has 1 heterocycles. The van der Waals surface area contributed by atoms with Gasteiger partial charge in [-0.05, 0) is 37.0 Å². The number of carbonyl (C=O) groups is 2. The molecule has 3 rings (SSSR count). The number of hydrogen-bond acceptors (Lipinski definition) is 2. The number of amides is 2. The first-order valence-electron chi connectivity index (χ1n) is 8.40.